The SMILES string of the molecule is [C-]1=CC=CC1.[Zr+2]=[C](c1ccccc1)c1ccccc1.c1cc2c([cH-]1)CCCC2. The summed E-state index contributed by atoms with van der Waals surface area (Å²) in [4.78, 5) is 0. The van der Waals surface area contributed by atoms with Gasteiger partial charge in [0.15, 0.2) is 0 Å². The Balaban J connectivity index is 0.000000136. The molecule has 0 amide bonds. The molecule has 1 heteroatoms. The zero-order chi connectivity index (χ0) is 19.4. The molecule has 3 aromatic rings. The smallest absolute Gasteiger partial charge is 0.0512 e. The summed E-state index contributed by atoms with van der Waals surface area (Å²) in [5.41, 5.74) is 5.86. The van der Waals surface area contributed by atoms with E-state index < -0.39 is 0 Å². The predicted molar refractivity (Wildman–Crippen MR) is 116 cm³/mol. The zero-order valence-electron chi connectivity index (χ0n) is 16.3. The van der Waals surface area contributed by atoms with E-state index in [1.54, 1.807) is 11.1 Å². The Labute approximate surface area is 184 Å². The van der Waals surface area contributed by atoms with Gasteiger partial charge in [-0.1, -0.05) is 25.7 Å². The third kappa shape index (κ3) is 6.57. The molecule has 0 bridgehead atoms. The topological polar surface area (TPSA) is 0 Å². The first-order chi connectivity index (χ1) is 13.8. The second-order valence-corrected chi connectivity index (χ2v) is 8.12. The van der Waals surface area contributed by atoms with Crippen molar-refractivity contribution in [2.45, 2.75) is 32.1 Å². The molecule has 0 unspecified atom stereocenters. The van der Waals surface area contributed by atoms with Gasteiger partial charge in [-0.05, 0) is 0 Å². The minimum Gasteiger partial charge on any atom is -0.210 e. The van der Waals surface area contributed by atoms with Crippen LogP contribution in [0.2, 0.25) is 0 Å². The summed E-state index contributed by atoms with van der Waals surface area (Å²) >= 11 is 1.46. The standard InChI is InChI=1S/C13H10.C9H11.C5H5.Zr/c1-3-7-12(8-4-1)11-13-9-5-2-6-10-13;1-2-5-9-7-3-6-8(9)4-1;1-2-4-5-3-1;/h1-10H;3,6-7H,1-2,4-5H2;1-3H,4H2;/q;2*-1;+2. The van der Waals surface area contributed by atoms with Gasteiger partial charge in [-0.3, -0.25) is 6.08 Å². The van der Waals surface area contributed by atoms with Gasteiger partial charge in [0.25, 0.3) is 0 Å². The molecule has 2 aliphatic carbocycles. The first-order valence-corrected chi connectivity index (χ1v) is 11.2. The largest absolute Gasteiger partial charge is 0.210 e. The van der Waals surface area contributed by atoms with E-state index in [2.05, 4.69) is 91.0 Å². The van der Waals surface area contributed by atoms with Gasteiger partial charge in [0, 0.05) is 0 Å². The summed E-state index contributed by atoms with van der Waals surface area (Å²) in [6.45, 7) is 0. The number of aryl methyl sites for hydroxylation is 2. The van der Waals surface area contributed by atoms with Crippen molar-refractivity contribution in [2.24, 2.45) is 0 Å². The molecule has 0 aromatic heterocycles. The predicted octanol–water partition coefficient (Wildman–Crippen LogP) is 6.39. The molecule has 0 spiro atoms. The van der Waals surface area contributed by atoms with E-state index >= 15 is 0 Å². The Bertz CT molecular complexity index is 826. The second-order valence-electron chi connectivity index (χ2n) is 6.89. The quantitative estimate of drug-likeness (QED) is 0.404. The molecule has 0 heterocycles. The molecule has 0 nitrogen and oxygen atoms in total. The molecular weight excluding hydrogens is 416 g/mol. The summed E-state index contributed by atoms with van der Waals surface area (Å²) in [6.07, 6.45) is 15.4. The molecule has 28 heavy (non-hydrogen) atoms. The maximum atomic E-state index is 2.99. The van der Waals surface area contributed by atoms with Gasteiger partial charge in [-0.15, -0.1) is 6.42 Å². The van der Waals surface area contributed by atoms with Crippen LogP contribution < -0.4 is 0 Å². The van der Waals surface area contributed by atoms with Gasteiger partial charge in [0.2, 0.25) is 0 Å². The van der Waals surface area contributed by atoms with E-state index in [0.29, 0.717) is 0 Å². The van der Waals surface area contributed by atoms with Crippen LogP contribution in [0, 0.1) is 6.08 Å². The van der Waals surface area contributed by atoms with Crippen molar-refractivity contribution in [1.82, 2.24) is 0 Å². The van der Waals surface area contributed by atoms with Crippen LogP contribution in [-0.4, -0.2) is 3.21 Å². The Morgan fingerprint density at radius 3 is 1.96 bits per heavy atom. The van der Waals surface area contributed by atoms with Crippen LogP contribution in [0.25, 0.3) is 0 Å². The number of rotatable bonds is 2. The van der Waals surface area contributed by atoms with Crippen molar-refractivity contribution in [2.75, 3.05) is 0 Å². The number of allylic oxidation sites excluding steroid dienone is 4. The van der Waals surface area contributed by atoms with E-state index in [9.17, 15) is 0 Å². The average Bonchev–Trinajstić information content (AvgIpc) is 3.50. The first-order valence-electron chi connectivity index (χ1n) is 9.99. The summed E-state index contributed by atoms with van der Waals surface area (Å²) in [6, 6.07) is 27.8. The van der Waals surface area contributed by atoms with E-state index in [4.69, 9.17) is 0 Å². The average molecular weight is 442 g/mol. The van der Waals surface area contributed by atoms with Crippen molar-refractivity contribution in [3.8, 4) is 0 Å². The van der Waals surface area contributed by atoms with Crippen LogP contribution in [0.5, 0.6) is 0 Å². The Morgan fingerprint density at radius 1 is 0.821 bits per heavy atom. The summed E-state index contributed by atoms with van der Waals surface area (Å²) in [5, 5.41) is 0. The minimum atomic E-state index is 1.01. The molecule has 2 aliphatic rings. The van der Waals surface area contributed by atoms with Crippen molar-refractivity contribution in [3.05, 3.63) is 125 Å². The number of hydrogen-bond donors (Lipinski definition) is 0. The normalized spacial score (nSPS) is 13.6. The first kappa shape index (κ1) is 20.7. The van der Waals surface area contributed by atoms with Crippen molar-refractivity contribution in [3.63, 3.8) is 0 Å². The van der Waals surface area contributed by atoms with Crippen LogP contribution in [-0.2, 0) is 37.1 Å². The molecule has 0 saturated carbocycles. The van der Waals surface area contributed by atoms with Gasteiger partial charge in [-0.2, -0.15) is 29.3 Å². The summed E-state index contributed by atoms with van der Waals surface area (Å²) < 4.78 is 1.42. The van der Waals surface area contributed by atoms with Gasteiger partial charge in [0.1, 0.15) is 0 Å². The molecule has 0 saturated heterocycles. The maximum Gasteiger partial charge on any atom is -0.0512 e. The minimum absolute atomic E-state index is 1.01. The Morgan fingerprint density at radius 2 is 1.46 bits per heavy atom. The molecule has 0 aliphatic heterocycles. The fraction of sp³-hybridized carbons (Fsp3) is 0.185. The number of hydrogen-bond acceptors (Lipinski definition) is 0. The molecule has 0 fully saturated rings. The molecule has 0 N–H and O–H groups in total. The van der Waals surface area contributed by atoms with Crippen LogP contribution in [0.1, 0.15) is 41.5 Å². The molecule has 3 aromatic carbocycles. The molecule has 0 radical (unpaired) electrons. The molecular formula is C27H26Zr. The monoisotopic (exact) mass is 440 g/mol. The third-order valence-electron chi connectivity index (χ3n) is 4.86. The van der Waals surface area contributed by atoms with Gasteiger partial charge >= 0.3 is 99.2 Å². The molecule has 0 atom stereocenters. The molecule has 5 rings (SSSR count). The van der Waals surface area contributed by atoms with Crippen LogP contribution >= 0.6 is 0 Å². The third-order valence-corrected chi connectivity index (χ3v) is 6.28. The Hall–Kier alpha value is -1.98. The Kier molecular flexibility index (Phi) is 8.72. The van der Waals surface area contributed by atoms with E-state index in [1.165, 1.54) is 64.3 Å². The maximum absolute atomic E-state index is 2.99. The zero-order valence-corrected chi connectivity index (χ0v) is 18.7. The fourth-order valence-corrected chi connectivity index (χ4v) is 4.15. The number of fused-ring (bicyclic) bond motifs is 1. The summed E-state index contributed by atoms with van der Waals surface area (Å²) in [5.74, 6) is 0. The fourth-order valence-electron chi connectivity index (χ4n) is 3.33. The van der Waals surface area contributed by atoms with Crippen LogP contribution in [0.3, 0.4) is 0 Å². The molecule has 138 valence electrons. The van der Waals surface area contributed by atoms with Gasteiger partial charge in [0.05, 0.1) is 0 Å². The van der Waals surface area contributed by atoms with Crippen molar-refractivity contribution >= 4 is 3.21 Å². The summed E-state index contributed by atoms with van der Waals surface area (Å²) in [7, 11) is 0. The van der Waals surface area contributed by atoms with Gasteiger partial charge in [-0.25, -0.2) is 18.2 Å². The van der Waals surface area contributed by atoms with E-state index in [1.807, 2.05) is 12.2 Å². The van der Waals surface area contributed by atoms with E-state index in [0.717, 1.165) is 6.42 Å². The second kappa shape index (κ2) is 11.8. The van der Waals surface area contributed by atoms with Crippen molar-refractivity contribution in [1.29, 1.82) is 0 Å². The van der Waals surface area contributed by atoms with Crippen LogP contribution in [0.15, 0.2) is 97.1 Å². The van der Waals surface area contributed by atoms with Gasteiger partial charge < -0.3 is 0 Å². The van der Waals surface area contributed by atoms with E-state index in [-0.39, 0.29) is 0 Å². The van der Waals surface area contributed by atoms with Crippen LogP contribution in [0.4, 0.5) is 0 Å². The number of benzene rings is 2. The van der Waals surface area contributed by atoms with Crippen molar-refractivity contribution < 1.29 is 24.2 Å².